The van der Waals surface area contributed by atoms with Gasteiger partial charge in [0.15, 0.2) is 5.96 Å². The van der Waals surface area contributed by atoms with E-state index in [2.05, 4.69) is 39.5 Å². The van der Waals surface area contributed by atoms with Gasteiger partial charge in [-0.15, -0.1) is 0 Å². The quantitative estimate of drug-likeness (QED) is 0.538. The molecule has 7 nitrogen and oxygen atoms in total. The number of aromatic nitrogens is 2. The van der Waals surface area contributed by atoms with Crippen molar-refractivity contribution in [3.8, 4) is 0 Å². The molecule has 0 bridgehead atoms. The summed E-state index contributed by atoms with van der Waals surface area (Å²) < 4.78 is 7.19. The van der Waals surface area contributed by atoms with E-state index in [9.17, 15) is 0 Å². The first-order chi connectivity index (χ1) is 12.6. The molecule has 1 aromatic rings. The number of piperidine rings is 1. The van der Waals surface area contributed by atoms with Crippen LogP contribution in [0.25, 0.3) is 0 Å². The van der Waals surface area contributed by atoms with Crippen molar-refractivity contribution >= 4 is 5.96 Å². The minimum Gasteiger partial charge on any atom is -0.383 e. The van der Waals surface area contributed by atoms with E-state index in [0.717, 1.165) is 64.4 Å². The molecule has 26 heavy (non-hydrogen) atoms. The van der Waals surface area contributed by atoms with Crippen LogP contribution in [0.5, 0.6) is 0 Å². The minimum atomic E-state index is 0.477. The number of hydrogen-bond acceptors (Lipinski definition) is 4. The van der Waals surface area contributed by atoms with E-state index in [1.807, 2.05) is 18.8 Å². The van der Waals surface area contributed by atoms with Gasteiger partial charge in [-0.3, -0.25) is 9.67 Å². The summed E-state index contributed by atoms with van der Waals surface area (Å²) in [6.45, 7) is 9.18. The molecule has 1 aliphatic heterocycles. The summed E-state index contributed by atoms with van der Waals surface area (Å²) in [7, 11) is 5.64. The van der Waals surface area contributed by atoms with Crippen molar-refractivity contribution in [1.29, 1.82) is 0 Å². The van der Waals surface area contributed by atoms with E-state index >= 15 is 0 Å². The predicted molar refractivity (Wildman–Crippen MR) is 107 cm³/mol. The normalized spacial score (nSPS) is 16.9. The molecular weight excluding hydrogens is 328 g/mol. The lowest BCUT2D eigenvalue weighted by atomic mass is 10.1. The lowest BCUT2D eigenvalue weighted by Crippen LogP contribution is -2.49. The van der Waals surface area contributed by atoms with Crippen molar-refractivity contribution in [2.45, 2.75) is 52.1 Å². The van der Waals surface area contributed by atoms with Crippen LogP contribution in [0.15, 0.2) is 4.99 Å². The second-order valence-corrected chi connectivity index (χ2v) is 6.88. The molecule has 1 saturated heterocycles. The number of likely N-dealkylation sites (tertiary alicyclic amines) is 1. The maximum absolute atomic E-state index is 5.17. The molecule has 1 fully saturated rings. The smallest absolute Gasteiger partial charge is 0.191 e. The fraction of sp³-hybridized carbons (Fsp3) is 0.789. The molecule has 0 amide bonds. The maximum Gasteiger partial charge on any atom is 0.191 e. The van der Waals surface area contributed by atoms with Gasteiger partial charge in [-0.2, -0.15) is 5.10 Å². The van der Waals surface area contributed by atoms with E-state index in [4.69, 9.17) is 4.74 Å². The Morgan fingerprint density at radius 1 is 1.27 bits per heavy atom. The van der Waals surface area contributed by atoms with Crippen molar-refractivity contribution in [3.05, 3.63) is 17.0 Å². The number of methoxy groups -OCH3 is 1. The Kier molecular flexibility index (Phi) is 8.38. The number of ether oxygens (including phenoxy) is 1. The number of hydrogen-bond donors (Lipinski definition) is 2. The standard InChI is InChI=1S/C19H36N6O/c1-6-17-16(18(7-2)24(4)23-17)14-21-19(20-3)22-15-8-10-25(11-9-15)12-13-26-5/h15H,6-14H2,1-5H3,(H2,20,21,22). The van der Waals surface area contributed by atoms with Crippen LogP contribution in [0, 0.1) is 0 Å². The Morgan fingerprint density at radius 3 is 2.58 bits per heavy atom. The summed E-state index contributed by atoms with van der Waals surface area (Å²) in [4.78, 5) is 6.88. The van der Waals surface area contributed by atoms with Gasteiger partial charge in [0.1, 0.15) is 0 Å². The summed E-state index contributed by atoms with van der Waals surface area (Å²) in [6.07, 6.45) is 4.22. The van der Waals surface area contributed by atoms with E-state index in [0.29, 0.717) is 6.04 Å². The summed E-state index contributed by atoms with van der Waals surface area (Å²) in [5, 5.41) is 11.7. The highest BCUT2D eigenvalue weighted by Crippen LogP contribution is 2.15. The third-order valence-corrected chi connectivity index (χ3v) is 5.22. The highest BCUT2D eigenvalue weighted by molar-refractivity contribution is 5.80. The number of nitrogens with one attached hydrogen (secondary N) is 2. The second-order valence-electron chi connectivity index (χ2n) is 6.88. The Bertz CT molecular complexity index is 575. The first kappa shape index (κ1) is 20.7. The molecule has 0 radical (unpaired) electrons. The van der Waals surface area contributed by atoms with E-state index in [1.165, 1.54) is 17.0 Å². The van der Waals surface area contributed by atoms with Crippen molar-refractivity contribution in [1.82, 2.24) is 25.3 Å². The lowest BCUT2D eigenvalue weighted by molar-refractivity contribution is 0.128. The fourth-order valence-electron chi connectivity index (χ4n) is 3.68. The van der Waals surface area contributed by atoms with Crippen LogP contribution in [0.4, 0.5) is 0 Å². The van der Waals surface area contributed by atoms with Crippen LogP contribution in [0.3, 0.4) is 0 Å². The number of guanidine groups is 1. The molecule has 0 atom stereocenters. The molecule has 7 heteroatoms. The van der Waals surface area contributed by atoms with Crippen LogP contribution in [0.1, 0.15) is 43.6 Å². The average Bonchev–Trinajstić information content (AvgIpc) is 2.98. The van der Waals surface area contributed by atoms with Gasteiger partial charge in [-0.25, -0.2) is 0 Å². The maximum atomic E-state index is 5.17. The number of aryl methyl sites for hydroxylation is 2. The van der Waals surface area contributed by atoms with Crippen molar-refractivity contribution in [2.24, 2.45) is 12.0 Å². The van der Waals surface area contributed by atoms with Crippen LogP contribution in [0.2, 0.25) is 0 Å². The summed E-state index contributed by atoms with van der Waals surface area (Å²) in [5.74, 6) is 0.883. The predicted octanol–water partition coefficient (Wildman–Crippen LogP) is 1.32. The fourth-order valence-corrected chi connectivity index (χ4v) is 3.68. The van der Waals surface area contributed by atoms with Gasteiger partial charge in [0, 0.05) is 64.7 Å². The molecule has 1 aliphatic rings. The zero-order chi connectivity index (χ0) is 18.9. The molecule has 0 aliphatic carbocycles. The first-order valence-electron chi connectivity index (χ1n) is 9.84. The van der Waals surface area contributed by atoms with Crippen LogP contribution < -0.4 is 10.6 Å². The van der Waals surface area contributed by atoms with E-state index < -0.39 is 0 Å². The highest BCUT2D eigenvalue weighted by Gasteiger charge is 2.20. The van der Waals surface area contributed by atoms with Crippen LogP contribution >= 0.6 is 0 Å². The molecule has 0 unspecified atom stereocenters. The highest BCUT2D eigenvalue weighted by atomic mass is 16.5. The topological polar surface area (TPSA) is 66.7 Å². The third kappa shape index (κ3) is 5.45. The lowest BCUT2D eigenvalue weighted by Gasteiger charge is -2.32. The van der Waals surface area contributed by atoms with Gasteiger partial charge in [-0.05, 0) is 25.7 Å². The van der Waals surface area contributed by atoms with Gasteiger partial charge >= 0.3 is 0 Å². The summed E-state index contributed by atoms with van der Waals surface area (Å²) >= 11 is 0. The second kappa shape index (κ2) is 10.5. The van der Waals surface area contributed by atoms with Gasteiger partial charge < -0.3 is 20.3 Å². The minimum absolute atomic E-state index is 0.477. The molecule has 0 saturated carbocycles. The van der Waals surface area contributed by atoms with E-state index in [-0.39, 0.29) is 0 Å². The molecule has 2 rings (SSSR count). The van der Waals surface area contributed by atoms with Gasteiger partial charge in [0.2, 0.25) is 0 Å². The SMILES string of the molecule is CCc1nn(C)c(CC)c1CNC(=NC)NC1CCN(CCOC)CC1. The van der Waals surface area contributed by atoms with Gasteiger partial charge in [0.25, 0.3) is 0 Å². The molecule has 2 N–H and O–H groups in total. The number of aliphatic imine (C=N–C) groups is 1. The van der Waals surface area contributed by atoms with Crippen molar-refractivity contribution < 1.29 is 4.74 Å². The van der Waals surface area contributed by atoms with Crippen molar-refractivity contribution in [2.75, 3.05) is 40.4 Å². The Balaban J connectivity index is 1.86. The van der Waals surface area contributed by atoms with Gasteiger partial charge in [-0.1, -0.05) is 13.8 Å². The Hall–Kier alpha value is -1.60. The zero-order valence-electron chi connectivity index (χ0n) is 17.1. The number of rotatable bonds is 8. The molecular formula is C19H36N6O. The van der Waals surface area contributed by atoms with Crippen molar-refractivity contribution in [3.63, 3.8) is 0 Å². The van der Waals surface area contributed by atoms with E-state index in [1.54, 1.807) is 7.11 Å². The average molecular weight is 365 g/mol. The first-order valence-corrected chi connectivity index (χ1v) is 9.84. The Morgan fingerprint density at radius 2 is 2.00 bits per heavy atom. The summed E-state index contributed by atoms with van der Waals surface area (Å²) in [6, 6.07) is 0.477. The molecule has 0 spiro atoms. The van der Waals surface area contributed by atoms with Crippen LogP contribution in [-0.4, -0.2) is 67.1 Å². The molecule has 2 heterocycles. The third-order valence-electron chi connectivity index (χ3n) is 5.22. The monoisotopic (exact) mass is 364 g/mol. The molecule has 0 aromatic carbocycles. The molecule has 148 valence electrons. The zero-order valence-corrected chi connectivity index (χ0v) is 17.1. The van der Waals surface area contributed by atoms with Crippen LogP contribution in [-0.2, 0) is 31.2 Å². The molecule has 1 aromatic heterocycles. The largest absolute Gasteiger partial charge is 0.383 e. The summed E-state index contributed by atoms with van der Waals surface area (Å²) in [5.41, 5.74) is 3.80. The van der Waals surface area contributed by atoms with Gasteiger partial charge in [0.05, 0.1) is 12.3 Å². The number of nitrogens with zero attached hydrogens (tertiary/aromatic N) is 4. The Labute approximate surface area is 158 Å².